The number of hydrogen-bond acceptors (Lipinski definition) is 4. The predicted octanol–water partition coefficient (Wildman–Crippen LogP) is 2.01. The van der Waals surface area contributed by atoms with E-state index in [1.54, 1.807) is 30.3 Å². The number of fused-ring (bicyclic) bond motifs is 1. The van der Waals surface area contributed by atoms with E-state index in [1.807, 2.05) is 19.2 Å². The van der Waals surface area contributed by atoms with Crippen molar-refractivity contribution in [3.8, 4) is 0 Å². The predicted molar refractivity (Wildman–Crippen MR) is 110 cm³/mol. The summed E-state index contributed by atoms with van der Waals surface area (Å²) >= 11 is 0. The van der Waals surface area contributed by atoms with Crippen molar-refractivity contribution >= 4 is 20.9 Å². The Morgan fingerprint density at radius 1 is 1.04 bits per heavy atom. The van der Waals surface area contributed by atoms with Crippen LogP contribution in [0.5, 0.6) is 0 Å². The first-order chi connectivity index (χ1) is 13.5. The molecule has 3 aromatic rings. The molecule has 0 radical (unpaired) electrons. The molecule has 2 aromatic carbocycles. The number of hydrogen-bond donors (Lipinski definition) is 1. The van der Waals surface area contributed by atoms with Gasteiger partial charge in [-0.3, -0.25) is 4.90 Å². The molecule has 1 aliphatic rings. The molecule has 148 valence electrons. The van der Waals surface area contributed by atoms with Crippen molar-refractivity contribution in [3.63, 3.8) is 0 Å². The van der Waals surface area contributed by atoms with Gasteiger partial charge >= 0.3 is 0 Å². The van der Waals surface area contributed by atoms with Crippen LogP contribution in [0.3, 0.4) is 0 Å². The van der Waals surface area contributed by atoms with E-state index in [9.17, 15) is 13.5 Å². The molecule has 0 spiro atoms. The number of benzene rings is 2. The standard InChI is InChI=1S/C21H25N3O3S/c1-22(13-14-23-12-11-17-7-5-6-10-19(17)23)20-15-24(16-21(20)25)28(26,27)18-8-3-2-4-9-18/h2-12,20-21,25H,13-16H2,1H3/t20-,21-/m0/s1. The fourth-order valence-corrected chi connectivity index (χ4v) is 5.37. The summed E-state index contributed by atoms with van der Waals surface area (Å²) in [6.45, 7) is 1.91. The van der Waals surface area contributed by atoms with Gasteiger partial charge in [-0.25, -0.2) is 8.42 Å². The zero-order chi connectivity index (χ0) is 19.7. The third kappa shape index (κ3) is 3.58. The highest BCUT2D eigenvalue weighted by Gasteiger charge is 2.40. The lowest BCUT2D eigenvalue weighted by molar-refractivity contribution is 0.0973. The Bertz CT molecular complexity index is 1050. The van der Waals surface area contributed by atoms with Crippen molar-refractivity contribution in [3.05, 3.63) is 66.9 Å². The van der Waals surface area contributed by atoms with Crippen LogP contribution in [0.25, 0.3) is 10.9 Å². The average molecular weight is 400 g/mol. The third-order valence-electron chi connectivity index (χ3n) is 5.55. The van der Waals surface area contributed by atoms with Crippen LogP contribution in [0.4, 0.5) is 0 Å². The van der Waals surface area contributed by atoms with Crippen LogP contribution in [0.1, 0.15) is 0 Å². The summed E-state index contributed by atoms with van der Waals surface area (Å²) < 4.78 is 29.2. The van der Waals surface area contributed by atoms with Gasteiger partial charge in [0.1, 0.15) is 0 Å². The number of likely N-dealkylation sites (N-methyl/N-ethyl adjacent to an activating group) is 1. The van der Waals surface area contributed by atoms with Crippen LogP contribution >= 0.6 is 0 Å². The SMILES string of the molecule is CN(CCn1ccc2ccccc21)[C@H]1CN(S(=O)(=O)c2ccccc2)C[C@@H]1O. The molecule has 28 heavy (non-hydrogen) atoms. The molecular formula is C21H25N3O3S. The number of nitrogens with zero attached hydrogens (tertiary/aromatic N) is 3. The lowest BCUT2D eigenvalue weighted by Crippen LogP contribution is -2.42. The van der Waals surface area contributed by atoms with Crippen molar-refractivity contribution in [2.24, 2.45) is 0 Å². The molecule has 0 amide bonds. The maximum absolute atomic E-state index is 12.8. The number of aromatic nitrogens is 1. The molecule has 2 heterocycles. The van der Waals surface area contributed by atoms with E-state index in [0.717, 1.165) is 13.1 Å². The van der Waals surface area contributed by atoms with E-state index >= 15 is 0 Å². The minimum absolute atomic E-state index is 0.124. The van der Waals surface area contributed by atoms with Crippen LogP contribution < -0.4 is 0 Å². The molecule has 0 saturated carbocycles. The lowest BCUT2D eigenvalue weighted by atomic mass is 10.2. The van der Waals surface area contributed by atoms with E-state index in [2.05, 4.69) is 33.9 Å². The normalized spacial score (nSPS) is 21.0. The van der Waals surface area contributed by atoms with E-state index < -0.39 is 16.1 Å². The van der Waals surface area contributed by atoms with Gasteiger partial charge in [0, 0.05) is 37.9 Å². The number of para-hydroxylation sites is 1. The number of rotatable bonds is 6. The summed E-state index contributed by atoms with van der Waals surface area (Å²) in [5.74, 6) is 0. The summed E-state index contributed by atoms with van der Waals surface area (Å²) in [6.07, 6.45) is 1.36. The summed E-state index contributed by atoms with van der Waals surface area (Å²) in [7, 11) is -1.64. The monoisotopic (exact) mass is 399 g/mol. The second-order valence-corrected chi connectivity index (χ2v) is 9.26. The van der Waals surface area contributed by atoms with Gasteiger partial charge < -0.3 is 9.67 Å². The minimum atomic E-state index is -3.58. The fourth-order valence-electron chi connectivity index (χ4n) is 3.87. The van der Waals surface area contributed by atoms with E-state index in [0.29, 0.717) is 6.54 Å². The Labute approximate surface area is 165 Å². The largest absolute Gasteiger partial charge is 0.390 e. The Hall–Kier alpha value is -2.19. The number of aliphatic hydroxyl groups is 1. The average Bonchev–Trinajstić information content (AvgIpc) is 3.31. The number of β-amino-alcohol motifs (C(OH)–C–C–N with tert-alkyl or cyclic N) is 1. The molecule has 1 aromatic heterocycles. The lowest BCUT2D eigenvalue weighted by Gasteiger charge is -2.26. The van der Waals surface area contributed by atoms with Gasteiger partial charge in [0.2, 0.25) is 10.0 Å². The van der Waals surface area contributed by atoms with Crippen LogP contribution in [0.15, 0.2) is 71.8 Å². The first kappa shape index (κ1) is 19.1. The van der Waals surface area contributed by atoms with Gasteiger partial charge in [0.25, 0.3) is 0 Å². The molecule has 1 fully saturated rings. The van der Waals surface area contributed by atoms with Crippen molar-refractivity contribution in [1.29, 1.82) is 0 Å². The molecule has 2 atom stereocenters. The van der Waals surface area contributed by atoms with E-state index in [1.165, 1.54) is 15.2 Å². The highest BCUT2D eigenvalue weighted by atomic mass is 32.2. The zero-order valence-corrected chi connectivity index (χ0v) is 16.7. The second kappa shape index (κ2) is 7.67. The molecule has 1 saturated heterocycles. The van der Waals surface area contributed by atoms with Crippen LogP contribution in [-0.4, -0.2) is 66.1 Å². The van der Waals surface area contributed by atoms with Crippen LogP contribution in [0, 0.1) is 0 Å². The summed E-state index contributed by atoms with van der Waals surface area (Å²) in [5, 5.41) is 11.7. The molecule has 7 heteroatoms. The Kier molecular flexibility index (Phi) is 5.25. The van der Waals surface area contributed by atoms with Gasteiger partial charge in [-0.1, -0.05) is 36.4 Å². The summed E-state index contributed by atoms with van der Waals surface area (Å²) in [6, 6.07) is 18.5. The Morgan fingerprint density at radius 2 is 1.75 bits per heavy atom. The molecular weight excluding hydrogens is 374 g/mol. The Morgan fingerprint density at radius 3 is 2.54 bits per heavy atom. The maximum atomic E-state index is 12.8. The van der Waals surface area contributed by atoms with Gasteiger partial charge in [0.05, 0.1) is 17.0 Å². The first-order valence-electron chi connectivity index (χ1n) is 9.44. The van der Waals surface area contributed by atoms with Gasteiger partial charge in [-0.2, -0.15) is 4.31 Å². The molecule has 1 aliphatic heterocycles. The van der Waals surface area contributed by atoms with Gasteiger partial charge in [-0.05, 0) is 36.7 Å². The fraction of sp³-hybridized carbons (Fsp3) is 0.333. The van der Waals surface area contributed by atoms with Gasteiger partial charge in [0.15, 0.2) is 0 Å². The number of aliphatic hydroxyl groups excluding tert-OH is 1. The smallest absolute Gasteiger partial charge is 0.243 e. The third-order valence-corrected chi connectivity index (χ3v) is 7.39. The summed E-state index contributed by atoms with van der Waals surface area (Å²) in [5.41, 5.74) is 1.18. The molecule has 4 rings (SSSR count). The van der Waals surface area contributed by atoms with E-state index in [4.69, 9.17) is 0 Å². The van der Waals surface area contributed by atoms with Crippen LogP contribution in [-0.2, 0) is 16.6 Å². The summed E-state index contributed by atoms with van der Waals surface area (Å²) in [4.78, 5) is 2.32. The van der Waals surface area contributed by atoms with Crippen molar-refractivity contribution in [2.45, 2.75) is 23.6 Å². The van der Waals surface area contributed by atoms with Crippen molar-refractivity contribution in [2.75, 3.05) is 26.7 Å². The first-order valence-corrected chi connectivity index (χ1v) is 10.9. The molecule has 1 N–H and O–H groups in total. The second-order valence-electron chi connectivity index (χ2n) is 7.32. The molecule has 0 unspecified atom stereocenters. The molecule has 0 bridgehead atoms. The van der Waals surface area contributed by atoms with Crippen LogP contribution in [0.2, 0.25) is 0 Å². The maximum Gasteiger partial charge on any atom is 0.243 e. The highest BCUT2D eigenvalue weighted by Crippen LogP contribution is 2.24. The number of sulfonamides is 1. The quantitative estimate of drug-likeness (QED) is 0.689. The topological polar surface area (TPSA) is 65.8 Å². The van der Waals surface area contributed by atoms with E-state index in [-0.39, 0.29) is 17.5 Å². The van der Waals surface area contributed by atoms with Gasteiger partial charge in [-0.15, -0.1) is 0 Å². The van der Waals surface area contributed by atoms with Crippen molar-refractivity contribution < 1.29 is 13.5 Å². The van der Waals surface area contributed by atoms with Crippen molar-refractivity contribution in [1.82, 2.24) is 13.8 Å². The molecule has 6 nitrogen and oxygen atoms in total. The zero-order valence-electron chi connectivity index (χ0n) is 15.8. The highest BCUT2D eigenvalue weighted by molar-refractivity contribution is 7.89. The minimum Gasteiger partial charge on any atom is -0.390 e. The Balaban J connectivity index is 1.43. The molecule has 0 aliphatic carbocycles.